The highest BCUT2D eigenvalue weighted by Gasteiger charge is 2.42. The lowest BCUT2D eigenvalue weighted by atomic mass is 9.92. The van der Waals surface area contributed by atoms with Crippen LogP contribution in [0.3, 0.4) is 0 Å². The summed E-state index contributed by atoms with van der Waals surface area (Å²) in [5, 5.41) is 4.72. The van der Waals surface area contributed by atoms with Gasteiger partial charge < -0.3 is 39.1 Å². The molecule has 0 spiro atoms. The molecule has 0 saturated carbocycles. The third-order valence-corrected chi connectivity index (χ3v) is 11.6. The fourth-order valence-electron chi connectivity index (χ4n) is 8.83. The number of hydrogen-bond donors (Lipinski definition) is 3. The molecule has 14 nitrogen and oxygen atoms in total. The standard InChI is InChI=1S/C44H53N7O7/c1-23(2)37(49-42(53)56-8)41(52)51-24(3)9-14-34(51)39-45-19-33(47-39)27-10-12-29-28(16-27)22-57-36-18-30-26(17-31(29)36)11-13-32-38(30)48-40(46-32)35-15-25(21-55-7)20-50(35)43(54)58-44(4,5)6/h10-13,16-19,23-25,34-35,37H,9,14-15,20-22H2,1-8H3,(H,45,47)(H,46,48)(H,49,53)/t24-,25-,34-,35-,37-/m0/s1. The van der Waals surface area contributed by atoms with E-state index in [1.54, 1.807) is 12.0 Å². The number of hydrogen-bond acceptors (Lipinski definition) is 9. The van der Waals surface area contributed by atoms with Gasteiger partial charge in [-0.25, -0.2) is 19.6 Å². The number of carbonyl (C=O) groups is 3. The summed E-state index contributed by atoms with van der Waals surface area (Å²) in [5.74, 6) is 2.12. The van der Waals surface area contributed by atoms with E-state index in [0.717, 1.165) is 80.6 Å². The second-order valence-electron chi connectivity index (χ2n) is 17.2. The highest BCUT2D eigenvalue weighted by Crippen LogP contribution is 2.44. The van der Waals surface area contributed by atoms with Crippen LogP contribution in [0, 0.1) is 11.8 Å². The Morgan fingerprint density at radius 3 is 2.55 bits per heavy atom. The molecule has 14 heteroatoms. The average molecular weight is 792 g/mol. The molecule has 2 aromatic heterocycles. The molecule has 3 aromatic carbocycles. The Bertz CT molecular complexity index is 2380. The van der Waals surface area contributed by atoms with Crippen molar-refractivity contribution in [3.63, 3.8) is 0 Å². The second kappa shape index (κ2) is 15.3. The lowest BCUT2D eigenvalue weighted by Gasteiger charge is -2.32. The maximum absolute atomic E-state index is 13.8. The van der Waals surface area contributed by atoms with Gasteiger partial charge in [0.05, 0.1) is 48.7 Å². The van der Waals surface area contributed by atoms with Crippen molar-refractivity contribution in [1.82, 2.24) is 35.1 Å². The maximum atomic E-state index is 13.8. The lowest BCUT2D eigenvalue weighted by Crippen LogP contribution is -2.52. The van der Waals surface area contributed by atoms with Crippen LogP contribution in [0.5, 0.6) is 5.75 Å². The van der Waals surface area contributed by atoms with Crippen LogP contribution in [0.15, 0.2) is 48.7 Å². The third kappa shape index (κ3) is 7.34. The fraction of sp³-hybridized carbons (Fsp3) is 0.477. The van der Waals surface area contributed by atoms with Crippen LogP contribution in [0.2, 0.25) is 0 Å². The minimum atomic E-state index is -0.712. The van der Waals surface area contributed by atoms with Gasteiger partial charge >= 0.3 is 12.2 Å². The van der Waals surface area contributed by atoms with Crippen LogP contribution < -0.4 is 10.1 Å². The van der Waals surface area contributed by atoms with E-state index in [1.165, 1.54) is 7.11 Å². The number of aromatic nitrogens is 4. The monoisotopic (exact) mass is 791 g/mol. The van der Waals surface area contributed by atoms with Crippen molar-refractivity contribution < 1.29 is 33.3 Å². The van der Waals surface area contributed by atoms with Gasteiger partial charge in [0.2, 0.25) is 5.91 Å². The second-order valence-corrected chi connectivity index (χ2v) is 17.2. The van der Waals surface area contributed by atoms with Crippen molar-refractivity contribution in [2.45, 2.75) is 97.2 Å². The summed E-state index contributed by atoms with van der Waals surface area (Å²) < 4.78 is 22.5. The molecule has 8 rings (SSSR count). The van der Waals surface area contributed by atoms with E-state index in [1.807, 2.05) is 58.7 Å². The first-order valence-electron chi connectivity index (χ1n) is 20.2. The number of imidazole rings is 2. The molecule has 58 heavy (non-hydrogen) atoms. The van der Waals surface area contributed by atoms with Crippen molar-refractivity contribution in [2.24, 2.45) is 11.8 Å². The van der Waals surface area contributed by atoms with Crippen LogP contribution in [0.1, 0.15) is 90.1 Å². The van der Waals surface area contributed by atoms with Crippen LogP contribution in [0.25, 0.3) is 44.2 Å². The van der Waals surface area contributed by atoms with E-state index in [-0.39, 0.29) is 42.0 Å². The number of rotatable bonds is 8. The Morgan fingerprint density at radius 1 is 1.00 bits per heavy atom. The molecular weight excluding hydrogens is 739 g/mol. The van der Waals surface area contributed by atoms with E-state index in [9.17, 15) is 14.4 Å². The van der Waals surface area contributed by atoms with E-state index in [2.05, 4.69) is 51.7 Å². The van der Waals surface area contributed by atoms with Crippen molar-refractivity contribution >= 4 is 39.9 Å². The summed E-state index contributed by atoms with van der Waals surface area (Å²) in [7, 11) is 2.98. The Balaban J connectivity index is 1.05. The minimum Gasteiger partial charge on any atom is -0.488 e. The number of amides is 3. The van der Waals surface area contributed by atoms with Gasteiger partial charge in [-0.1, -0.05) is 32.0 Å². The molecule has 0 aliphatic carbocycles. The average Bonchev–Trinajstić information content (AvgIpc) is 4.00. The van der Waals surface area contributed by atoms with Crippen molar-refractivity contribution in [3.8, 4) is 28.1 Å². The summed E-state index contributed by atoms with van der Waals surface area (Å²) in [6.07, 6.45) is 3.14. The first-order valence-corrected chi connectivity index (χ1v) is 20.2. The minimum absolute atomic E-state index is 0.00868. The number of aromatic amines is 2. The first-order chi connectivity index (χ1) is 27.7. The Morgan fingerprint density at radius 2 is 1.81 bits per heavy atom. The van der Waals surface area contributed by atoms with Gasteiger partial charge in [-0.2, -0.15) is 0 Å². The molecule has 5 heterocycles. The lowest BCUT2D eigenvalue weighted by molar-refractivity contribution is -0.137. The molecular formula is C44H53N7O7. The first kappa shape index (κ1) is 39.2. The Kier molecular flexibility index (Phi) is 10.3. The van der Waals surface area contributed by atoms with E-state index in [4.69, 9.17) is 28.9 Å². The zero-order valence-electron chi connectivity index (χ0n) is 34.5. The summed E-state index contributed by atoms with van der Waals surface area (Å²) in [5.41, 5.74) is 6.06. The number of nitrogens with zero attached hydrogens (tertiary/aromatic N) is 4. The molecule has 3 aliphatic rings. The molecule has 5 aromatic rings. The number of ether oxygens (including phenoxy) is 4. The normalized spacial score (nSPS) is 20.9. The van der Waals surface area contributed by atoms with Crippen LogP contribution in [-0.4, -0.2) is 92.9 Å². The SMILES string of the molecule is COC[C@H]1C[C@@H](c2nc3c(ccc4cc5c(cc43)OCc3cc(-c4cnc([C@@H]6CC[C@H](C)N6C(=O)[C@@H](NC(=O)OC)C(C)C)[nH]4)ccc3-5)[nH]2)N(C(=O)OC(C)(C)C)C1. The van der Waals surface area contributed by atoms with Crippen LogP contribution >= 0.6 is 0 Å². The predicted octanol–water partition coefficient (Wildman–Crippen LogP) is 8.04. The molecule has 3 aliphatic heterocycles. The summed E-state index contributed by atoms with van der Waals surface area (Å²) in [6, 6.07) is 13.5. The van der Waals surface area contributed by atoms with Gasteiger partial charge in [-0.15, -0.1) is 0 Å². The van der Waals surface area contributed by atoms with Gasteiger partial charge in [0.25, 0.3) is 0 Å². The van der Waals surface area contributed by atoms with Crippen LogP contribution in [0.4, 0.5) is 9.59 Å². The molecule has 3 N–H and O–H groups in total. The van der Waals surface area contributed by atoms with Crippen molar-refractivity contribution in [2.75, 3.05) is 27.4 Å². The number of nitrogens with one attached hydrogen (secondary N) is 3. The van der Waals surface area contributed by atoms with Crippen LogP contribution in [-0.2, 0) is 25.6 Å². The van der Waals surface area contributed by atoms with Crippen molar-refractivity contribution in [1.29, 1.82) is 0 Å². The maximum Gasteiger partial charge on any atom is 0.410 e. The molecule has 306 valence electrons. The summed E-state index contributed by atoms with van der Waals surface area (Å²) in [4.78, 5) is 59.8. The molecule has 5 atom stereocenters. The van der Waals surface area contributed by atoms with Gasteiger partial charge in [0, 0.05) is 36.6 Å². The number of carbonyl (C=O) groups excluding carboxylic acids is 3. The van der Waals surface area contributed by atoms with Gasteiger partial charge in [0.1, 0.15) is 35.6 Å². The predicted molar refractivity (Wildman–Crippen MR) is 219 cm³/mol. The highest BCUT2D eigenvalue weighted by molar-refractivity contribution is 6.07. The zero-order chi connectivity index (χ0) is 41.0. The molecule has 2 fully saturated rings. The Hall–Kier alpha value is -5.63. The number of methoxy groups -OCH3 is 2. The number of alkyl carbamates (subject to hydrolysis) is 1. The highest BCUT2D eigenvalue weighted by atomic mass is 16.6. The topological polar surface area (TPSA) is 164 Å². The molecule has 0 unspecified atom stereocenters. The Labute approximate surface area is 338 Å². The number of fused-ring (bicyclic) bond motifs is 6. The van der Waals surface area contributed by atoms with E-state index < -0.39 is 17.7 Å². The smallest absolute Gasteiger partial charge is 0.410 e. The quantitative estimate of drug-likeness (QED) is 0.141. The zero-order valence-corrected chi connectivity index (χ0v) is 34.5. The van der Waals surface area contributed by atoms with Gasteiger partial charge in [-0.05, 0) is 99.2 Å². The van der Waals surface area contributed by atoms with Gasteiger partial charge in [0.15, 0.2) is 0 Å². The molecule has 2 saturated heterocycles. The van der Waals surface area contributed by atoms with E-state index >= 15 is 0 Å². The van der Waals surface area contributed by atoms with Gasteiger partial charge in [-0.3, -0.25) is 9.69 Å². The molecule has 0 bridgehead atoms. The number of H-pyrrole nitrogens is 2. The molecule has 0 radical (unpaired) electrons. The van der Waals surface area contributed by atoms with Crippen molar-refractivity contribution in [3.05, 3.63) is 65.9 Å². The number of likely N-dealkylation sites (tertiary alicyclic amines) is 2. The third-order valence-electron chi connectivity index (χ3n) is 11.6. The summed E-state index contributed by atoms with van der Waals surface area (Å²) >= 11 is 0. The largest absolute Gasteiger partial charge is 0.488 e. The number of benzene rings is 3. The van der Waals surface area contributed by atoms with E-state index in [0.29, 0.717) is 25.6 Å². The molecule has 3 amide bonds. The fourth-order valence-corrected chi connectivity index (χ4v) is 8.83. The summed E-state index contributed by atoms with van der Waals surface area (Å²) in [6.45, 7) is 13.0.